The minimum absolute atomic E-state index is 0.224. The van der Waals surface area contributed by atoms with Crippen LogP contribution in [0.3, 0.4) is 0 Å². The van der Waals surface area contributed by atoms with Crippen LogP contribution in [0, 0.1) is 5.92 Å². The predicted octanol–water partition coefficient (Wildman–Crippen LogP) is 3.68. The van der Waals surface area contributed by atoms with Gasteiger partial charge in [0.05, 0.1) is 5.92 Å². The van der Waals surface area contributed by atoms with Gasteiger partial charge in [-0.1, -0.05) is 48.5 Å². The van der Waals surface area contributed by atoms with Crippen LogP contribution in [-0.4, -0.2) is 47.9 Å². The van der Waals surface area contributed by atoms with Crippen LogP contribution < -0.4 is 10.6 Å². The largest absolute Gasteiger partial charge is 0.481 e. The average molecular weight is 464 g/mol. The molecule has 10 heteroatoms. The van der Waals surface area contributed by atoms with Gasteiger partial charge in [0.15, 0.2) is 0 Å². The molecule has 3 rings (SSSR count). The van der Waals surface area contributed by atoms with E-state index >= 15 is 0 Å². The molecular weight excluding hydrogens is 441 g/mol. The molecule has 2 aromatic rings. The molecule has 0 bridgehead atoms. The maximum Gasteiger partial charge on any atom is 0.417 e. The van der Waals surface area contributed by atoms with E-state index in [1.54, 1.807) is 5.32 Å². The number of hydrogen-bond acceptors (Lipinski definition) is 4. The standard InChI is InChI=1S/C23H23F3N2O5/c1-12(21(30)31)13(2)27-20(29)19(23(24,25)26)28-22(32)33-11-18-16-9-5-3-7-14(16)15-8-4-6-10-17(15)18/h3-10,12-13,18-19H,11H2,1-2H3,(H,27,29)(H,28,32)(H,30,31). The van der Waals surface area contributed by atoms with E-state index in [4.69, 9.17) is 9.84 Å². The fourth-order valence-electron chi connectivity index (χ4n) is 3.70. The summed E-state index contributed by atoms with van der Waals surface area (Å²) in [7, 11) is 0. The lowest BCUT2D eigenvalue weighted by atomic mass is 9.98. The zero-order chi connectivity index (χ0) is 24.3. The number of fused-ring (bicyclic) bond motifs is 3. The lowest BCUT2D eigenvalue weighted by Crippen LogP contribution is -2.57. The van der Waals surface area contributed by atoms with Crippen molar-refractivity contribution in [1.82, 2.24) is 10.6 Å². The third-order valence-electron chi connectivity index (χ3n) is 5.70. The first kappa shape index (κ1) is 24.1. The highest BCUT2D eigenvalue weighted by Crippen LogP contribution is 2.44. The van der Waals surface area contributed by atoms with Crippen molar-refractivity contribution in [3.63, 3.8) is 0 Å². The Bertz CT molecular complexity index is 1010. The number of carbonyl (C=O) groups is 3. The Kier molecular flexibility index (Phi) is 6.95. The van der Waals surface area contributed by atoms with E-state index in [1.165, 1.54) is 13.8 Å². The molecule has 0 saturated heterocycles. The fourth-order valence-corrected chi connectivity index (χ4v) is 3.70. The van der Waals surface area contributed by atoms with Crippen LogP contribution in [0.5, 0.6) is 0 Å². The van der Waals surface area contributed by atoms with Gasteiger partial charge in [0.25, 0.3) is 5.91 Å². The van der Waals surface area contributed by atoms with Gasteiger partial charge >= 0.3 is 18.2 Å². The molecule has 3 unspecified atom stereocenters. The lowest BCUT2D eigenvalue weighted by molar-refractivity contribution is -0.168. The maximum absolute atomic E-state index is 13.4. The van der Waals surface area contributed by atoms with Crippen LogP contribution in [0.4, 0.5) is 18.0 Å². The number of nitrogens with one attached hydrogen (secondary N) is 2. The van der Waals surface area contributed by atoms with Crippen molar-refractivity contribution in [1.29, 1.82) is 0 Å². The summed E-state index contributed by atoms with van der Waals surface area (Å²) in [6.07, 6.45) is -6.52. The summed E-state index contributed by atoms with van der Waals surface area (Å²) in [6.45, 7) is 2.28. The van der Waals surface area contributed by atoms with Gasteiger partial charge in [-0.3, -0.25) is 9.59 Å². The summed E-state index contributed by atoms with van der Waals surface area (Å²) >= 11 is 0. The molecule has 3 N–H and O–H groups in total. The summed E-state index contributed by atoms with van der Waals surface area (Å²) in [5.74, 6) is -4.34. The van der Waals surface area contributed by atoms with Gasteiger partial charge in [0.1, 0.15) is 6.61 Å². The molecule has 1 aliphatic carbocycles. The Balaban J connectivity index is 1.68. The van der Waals surface area contributed by atoms with Crippen LogP contribution >= 0.6 is 0 Å². The molecule has 0 heterocycles. The quantitative estimate of drug-likeness (QED) is 0.580. The van der Waals surface area contributed by atoms with Gasteiger partial charge in [-0.25, -0.2) is 4.79 Å². The number of carbonyl (C=O) groups excluding carboxylic acids is 2. The normalized spacial score (nSPS) is 15.5. The van der Waals surface area contributed by atoms with Gasteiger partial charge in [-0.2, -0.15) is 13.2 Å². The predicted molar refractivity (Wildman–Crippen MR) is 112 cm³/mol. The minimum atomic E-state index is -5.11. The molecular formula is C23H23F3N2O5. The van der Waals surface area contributed by atoms with E-state index in [-0.39, 0.29) is 12.5 Å². The number of ether oxygens (including phenoxy) is 1. The summed E-state index contributed by atoms with van der Waals surface area (Å²) in [4.78, 5) is 35.4. The van der Waals surface area contributed by atoms with Crippen LogP contribution in [0.1, 0.15) is 30.9 Å². The van der Waals surface area contributed by atoms with Crippen molar-refractivity contribution in [2.75, 3.05) is 6.61 Å². The molecule has 2 amide bonds. The van der Waals surface area contributed by atoms with Gasteiger partial charge in [0, 0.05) is 12.0 Å². The van der Waals surface area contributed by atoms with E-state index in [9.17, 15) is 27.6 Å². The van der Waals surface area contributed by atoms with Crippen molar-refractivity contribution < 1.29 is 37.4 Å². The van der Waals surface area contributed by atoms with Crippen LogP contribution in [0.25, 0.3) is 11.1 Å². The first-order chi connectivity index (χ1) is 15.5. The number of rotatable bonds is 7. The first-order valence-electron chi connectivity index (χ1n) is 10.2. The maximum atomic E-state index is 13.4. The van der Waals surface area contributed by atoms with Gasteiger partial charge < -0.3 is 20.5 Å². The summed E-state index contributed by atoms with van der Waals surface area (Å²) in [6, 6.07) is 10.9. The monoisotopic (exact) mass is 464 g/mol. The van der Waals surface area contributed by atoms with Crippen LogP contribution in [0.2, 0.25) is 0 Å². The van der Waals surface area contributed by atoms with Gasteiger partial charge in [0.2, 0.25) is 6.04 Å². The zero-order valence-electron chi connectivity index (χ0n) is 17.8. The molecule has 0 radical (unpaired) electrons. The number of alkyl halides is 3. The van der Waals surface area contributed by atoms with Crippen LogP contribution in [0.15, 0.2) is 48.5 Å². The van der Waals surface area contributed by atoms with Gasteiger partial charge in [-0.05, 0) is 36.1 Å². The van der Waals surface area contributed by atoms with E-state index in [0.717, 1.165) is 22.3 Å². The van der Waals surface area contributed by atoms with Crippen molar-refractivity contribution in [2.24, 2.45) is 5.92 Å². The van der Waals surface area contributed by atoms with E-state index in [1.807, 2.05) is 53.8 Å². The molecule has 3 atom stereocenters. The Labute approximate surface area is 187 Å². The molecule has 0 aliphatic heterocycles. The number of amides is 2. The molecule has 7 nitrogen and oxygen atoms in total. The summed E-state index contributed by atoms with van der Waals surface area (Å²) < 4.78 is 45.4. The molecule has 33 heavy (non-hydrogen) atoms. The summed E-state index contributed by atoms with van der Waals surface area (Å²) in [5.41, 5.74) is 3.67. The molecule has 2 aromatic carbocycles. The third kappa shape index (κ3) is 5.27. The molecule has 0 fully saturated rings. The number of carboxylic acids is 1. The number of alkyl carbamates (subject to hydrolysis) is 1. The second kappa shape index (κ2) is 9.51. The smallest absolute Gasteiger partial charge is 0.417 e. The van der Waals surface area contributed by atoms with Crippen molar-refractivity contribution in [3.05, 3.63) is 59.7 Å². The molecule has 1 aliphatic rings. The molecule has 0 aromatic heterocycles. The van der Waals surface area contributed by atoms with E-state index in [2.05, 4.69) is 0 Å². The minimum Gasteiger partial charge on any atom is -0.481 e. The number of benzene rings is 2. The van der Waals surface area contributed by atoms with Crippen LogP contribution in [-0.2, 0) is 14.3 Å². The molecule has 0 spiro atoms. The average Bonchev–Trinajstić information content (AvgIpc) is 3.08. The Hall–Kier alpha value is -3.56. The highest BCUT2D eigenvalue weighted by molar-refractivity contribution is 5.87. The Morgan fingerprint density at radius 3 is 1.97 bits per heavy atom. The van der Waals surface area contributed by atoms with Crippen molar-refractivity contribution in [2.45, 2.75) is 38.0 Å². The molecule has 176 valence electrons. The number of carboxylic acid groups (broad SMARTS) is 1. The Morgan fingerprint density at radius 2 is 1.48 bits per heavy atom. The number of halogens is 3. The zero-order valence-corrected chi connectivity index (χ0v) is 17.8. The van der Waals surface area contributed by atoms with E-state index in [0.29, 0.717) is 0 Å². The van der Waals surface area contributed by atoms with Crippen molar-refractivity contribution >= 4 is 18.0 Å². The number of aliphatic carboxylic acids is 1. The van der Waals surface area contributed by atoms with E-state index < -0.39 is 42.1 Å². The lowest BCUT2D eigenvalue weighted by Gasteiger charge is -2.24. The fraction of sp³-hybridized carbons (Fsp3) is 0.348. The first-order valence-corrected chi connectivity index (χ1v) is 10.2. The Morgan fingerprint density at radius 1 is 0.970 bits per heavy atom. The topological polar surface area (TPSA) is 105 Å². The highest BCUT2D eigenvalue weighted by atomic mass is 19.4. The SMILES string of the molecule is CC(NC(=O)C(NC(=O)OCC1c2ccccc2-c2ccccc21)C(F)(F)F)C(C)C(=O)O. The second-order valence-electron chi connectivity index (χ2n) is 7.87. The highest BCUT2D eigenvalue weighted by Gasteiger charge is 2.47. The molecule has 0 saturated carbocycles. The van der Waals surface area contributed by atoms with Gasteiger partial charge in [-0.15, -0.1) is 0 Å². The third-order valence-corrected chi connectivity index (χ3v) is 5.70. The second-order valence-corrected chi connectivity index (χ2v) is 7.87. The van der Waals surface area contributed by atoms with Crippen molar-refractivity contribution in [3.8, 4) is 11.1 Å². The number of hydrogen-bond donors (Lipinski definition) is 3. The summed E-state index contributed by atoms with van der Waals surface area (Å²) in [5, 5.41) is 12.5.